The largest absolute Gasteiger partial charge is 0.304 e. The molecule has 1 heterocycles. The first-order valence-electron chi connectivity index (χ1n) is 7.26. The Bertz CT molecular complexity index is 579. The second-order valence-corrected chi connectivity index (χ2v) is 5.29. The highest BCUT2D eigenvalue weighted by atomic mass is 16.2. The first-order chi connectivity index (χ1) is 9.83. The maximum absolute atomic E-state index is 12.5. The van der Waals surface area contributed by atoms with Gasteiger partial charge in [0.05, 0.1) is 12.0 Å². The van der Waals surface area contributed by atoms with Gasteiger partial charge in [-0.05, 0) is 24.1 Å². The highest BCUT2D eigenvalue weighted by Gasteiger charge is 2.47. The summed E-state index contributed by atoms with van der Waals surface area (Å²) in [4.78, 5) is 14.4. The molecule has 102 valence electrons. The SMILES string of the molecule is CCC[C@H]1C(=O)N(c2ccccc2)[C@@H]1c1ccccc1. The fourth-order valence-corrected chi connectivity index (χ4v) is 3.05. The Labute approximate surface area is 120 Å². The second-order valence-electron chi connectivity index (χ2n) is 5.29. The van der Waals surface area contributed by atoms with Gasteiger partial charge in [-0.2, -0.15) is 0 Å². The maximum Gasteiger partial charge on any atom is 0.233 e. The third kappa shape index (κ3) is 2.11. The van der Waals surface area contributed by atoms with Crippen molar-refractivity contribution in [1.29, 1.82) is 0 Å². The highest BCUT2D eigenvalue weighted by molar-refractivity contribution is 6.03. The number of carbonyl (C=O) groups excluding carboxylic acids is 1. The van der Waals surface area contributed by atoms with Gasteiger partial charge < -0.3 is 4.90 Å². The molecule has 2 atom stereocenters. The summed E-state index contributed by atoms with van der Waals surface area (Å²) in [5.74, 6) is 0.384. The molecule has 0 radical (unpaired) electrons. The summed E-state index contributed by atoms with van der Waals surface area (Å²) in [6.45, 7) is 2.14. The molecule has 1 fully saturated rings. The van der Waals surface area contributed by atoms with E-state index in [2.05, 4.69) is 19.1 Å². The Balaban J connectivity index is 1.95. The van der Waals surface area contributed by atoms with Crippen LogP contribution in [0.5, 0.6) is 0 Å². The van der Waals surface area contributed by atoms with Crippen molar-refractivity contribution in [2.24, 2.45) is 5.92 Å². The smallest absolute Gasteiger partial charge is 0.233 e. The number of hydrogen-bond acceptors (Lipinski definition) is 1. The molecule has 3 rings (SSSR count). The van der Waals surface area contributed by atoms with Gasteiger partial charge in [0.15, 0.2) is 0 Å². The number of para-hydroxylation sites is 1. The van der Waals surface area contributed by atoms with Gasteiger partial charge in [-0.3, -0.25) is 4.79 Å². The lowest BCUT2D eigenvalue weighted by atomic mass is 9.79. The van der Waals surface area contributed by atoms with Crippen molar-refractivity contribution in [2.75, 3.05) is 4.90 Å². The molecule has 1 aliphatic heterocycles. The molecule has 0 spiro atoms. The number of benzene rings is 2. The lowest BCUT2D eigenvalue weighted by molar-refractivity contribution is -0.130. The molecular weight excluding hydrogens is 246 g/mol. The van der Waals surface area contributed by atoms with Crippen LogP contribution < -0.4 is 4.90 Å². The number of β-lactam (4-membered cyclic amide) rings is 1. The van der Waals surface area contributed by atoms with Gasteiger partial charge in [-0.1, -0.05) is 61.9 Å². The molecule has 1 amide bonds. The Morgan fingerprint density at radius 1 is 0.950 bits per heavy atom. The number of hydrogen-bond donors (Lipinski definition) is 0. The van der Waals surface area contributed by atoms with E-state index in [-0.39, 0.29) is 17.9 Å². The van der Waals surface area contributed by atoms with Gasteiger partial charge in [0, 0.05) is 5.69 Å². The Morgan fingerprint density at radius 2 is 1.55 bits per heavy atom. The normalized spacial score (nSPS) is 21.6. The Hall–Kier alpha value is -2.09. The van der Waals surface area contributed by atoms with Crippen LogP contribution in [0.15, 0.2) is 60.7 Å². The predicted molar refractivity (Wildman–Crippen MR) is 81.5 cm³/mol. The second kappa shape index (κ2) is 5.49. The van der Waals surface area contributed by atoms with Gasteiger partial charge in [-0.15, -0.1) is 0 Å². The fourth-order valence-electron chi connectivity index (χ4n) is 3.05. The molecule has 0 aliphatic carbocycles. The molecule has 0 N–H and O–H groups in total. The minimum atomic E-state index is 0.127. The van der Waals surface area contributed by atoms with E-state index >= 15 is 0 Å². The standard InChI is InChI=1S/C18H19NO/c1-2-9-16-17(14-10-5-3-6-11-14)19(18(16)20)15-12-7-4-8-13-15/h3-8,10-13,16-17H,2,9H2,1H3/t16-,17-/m1/s1. The van der Waals surface area contributed by atoms with Crippen LogP contribution in [-0.4, -0.2) is 5.91 Å². The van der Waals surface area contributed by atoms with E-state index in [9.17, 15) is 4.79 Å². The minimum Gasteiger partial charge on any atom is -0.304 e. The number of anilines is 1. The summed E-state index contributed by atoms with van der Waals surface area (Å²) in [6.07, 6.45) is 2.00. The van der Waals surface area contributed by atoms with Crippen LogP contribution >= 0.6 is 0 Å². The first-order valence-corrected chi connectivity index (χ1v) is 7.26. The van der Waals surface area contributed by atoms with Crippen molar-refractivity contribution >= 4 is 11.6 Å². The van der Waals surface area contributed by atoms with E-state index in [1.165, 1.54) is 5.56 Å². The summed E-state index contributed by atoms with van der Waals surface area (Å²) < 4.78 is 0. The molecule has 2 heteroatoms. The van der Waals surface area contributed by atoms with Gasteiger partial charge in [0.1, 0.15) is 0 Å². The highest BCUT2D eigenvalue weighted by Crippen LogP contribution is 2.45. The van der Waals surface area contributed by atoms with Crippen molar-refractivity contribution in [3.63, 3.8) is 0 Å². The van der Waals surface area contributed by atoms with Crippen LogP contribution in [0.3, 0.4) is 0 Å². The molecule has 2 nitrogen and oxygen atoms in total. The van der Waals surface area contributed by atoms with Gasteiger partial charge in [-0.25, -0.2) is 0 Å². The molecule has 1 saturated heterocycles. The quantitative estimate of drug-likeness (QED) is 0.759. The molecule has 1 aliphatic rings. The zero-order valence-corrected chi connectivity index (χ0v) is 11.7. The van der Waals surface area contributed by atoms with E-state index in [1.807, 2.05) is 53.4 Å². The van der Waals surface area contributed by atoms with Gasteiger partial charge in [0.2, 0.25) is 5.91 Å². The zero-order chi connectivity index (χ0) is 13.9. The van der Waals surface area contributed by atoms with Crippen LogP contribution in [0, 0.1) is 5.92 Å². The molecule has 2 aromatic rings. The van der Waals surface area contributed by atoms with E-state index in [0.29, 0.717) is 0 Å². The molecule has 0 saturated carbocycles. The van der Waals surface area contributed by atoms with Crippen molar-refractivity contribution in [2.45, 2.75) is 25.8 Å². The van der Waals surface area contributed by atoms with Gasteiger partial charge >= 0.3 is 0 Å². The summed E-state index contributed by atoms with van der Waals surface area (Å²) in [5.41, 5.74) is 2.23. The van der Waals surface area contributed by atoms with Crippen molar-refractivity contribution in [3.05, 3.63) is 66.2 Å². The molecule has 0 aromatic heterocycles. The average Bonchev–Trinajstić information content (AvgIpc) is 2.51. The first kappa shape index (κ1) is 12.9. The van der Waals surface area contributed by atoms with Gasteiger partial charge in [0.25, 0.3) is 0 Å². The lowest BCUT2D eigenvalue weighted by Crippen LogP contribution is -2.55. The third-order valence-corrected chi connectivity index (χ3v) is 3.99. The number of amides is 1. The van der Waals surface area contributed by atoms with E-state index in [4.69, 9.17) is 0 Å². The van der Waals surface area contributed by atoms with Crippen LogP contribution in [0.4, 0.5) is 5.69 Å². The van der Waals surface area contributed by atoms with E-state index < -0.39 is 0 Å². The predicted octanol–water partition coefficient (Wildman–Crippen LogP) is 4.19. The van der Waals surface area contributed by atoms with Crippen LogP contribution in [0.1, 0.15) is 31.4 Å². The molecular formula is C18H19NO. The van der Waals surface area contributed by atoms with Crippen LogP contribution in [-0.2, 0) is 4.79 Å². The Morgan fingerprint density at radius 3 is 2.15 bits per heavy atom. The summed E-state index contributed by atoms with van der Waals surface area (Å²) in [5, 5.41) is 0. The average molecular weight is 265 g/mol. The maximum atomic E-state index is 12.5. The molecule has 0 bridgehead atoms. The summed E-state index contributed by atoms with van der Waals surface area (Å²) >= 11 is 0. The lowest BCUT2D eigenvalue weighted by Gasteiger charge is -2.47. The van der Waals surface area contributed by atoms with Crippen LogP contribution in [0.2, 0.25) is 0 Å². The molecule has 2 aromatic carbocycles. The third-order valence-electron chi connectivity index (χ3n) is 3.99. The van der Waals surface area contributed by atoms with Crippen LogP contribution in [0.25, 0.3) is 0 Å². The van der Waals surface area contributed by atoms with E-state index in [1.54, 1.807) is 0 Å². The summed E-state index contributed by atoms with van der Waals surface area (Å²) in [6, 6.07) is 20.5. The Kier molecular flexibility index (Phi) is 3.55. The van der Waals surface area contributed by atoms with E-state index in [0.717, 1.165) is 18.5 Å². The fraction of sp³-hybridized carbons (Fsp3) is 0.278. The van der Waals surface area contributed by atoms with Crippen molar-refractivity contribution in [3.8, 4) is 0 Å². The number of carbonyl (C=O) groups is 1. The topological polar surface area (TPSA) is 20.3 Å². The molecule has 20 heavy (non-hydrogen) atoms. The zero-order valence-electron chi connectivity index (χ0n) is 11.7. The van der Waals surface area contributed by atoms with Crippen molar-refractivity contribution < 1.29 is 4.79 Å². The number of rotatable bonds is 4. The summed E-state index contributed by atoms with van der Waals surface area (Å²) in [7, 11) is 0. The monoisotopic (exact) mass is 265 g/mol. The molecule has 0 unspecified atom stereocenters. The van der Waals surface area contributed by atoms with Crippen molar-refractivity contribution in [1.82, 2.24) is 0 Å². The number of nitrogens with zero attached hydrogens (tertiary/aromatic N) is 1. The minimum absolute atomic E-state index is 0.127.